The van der Waals surface area contributed by atoms with Crippen molar-refractivity contribution in [3.05, 3.63) is 23.6 Å². The first-order valence-corrected chi connectivity index (χ1v) is 6.96. The number of aromatic nitrogens is 1. The fourth-order valence-electron chi connectivity index (χ4n) is 2.07. The van der Waals surface area contributed by atoms with E-state index in [1.54, 1.807) is 0 Å². The molecule has 0 saturated carbocycles. The third-order valence-corrected chi connectivity index (χ3v) is 3.22. The molecule has 1 amide bonds. The van der Waals surface area contributed by atoms with Gasteiger partial charge in [0.15, 0.2) is 0 Å². The summed E-state index contributed by atoms with van der Waals surface area (Å²) >= 11 is 0. The zero-order valence-corrected chi connectivity index (χ0v) is 11.6. The van der Waals surface area contributed by atoms with Gasteiger partial charge in [-0.3, -0.25) is 4.79 Å². The van der Waals surface area contributed by atoms with Gasteiger partial charge in [-0.1, -0.05) is 6.92 Å². The van der Waals surface area contributed by atoms with E-state index in [0.29, 0.717) is 31.4 Å². The van der Waals surface area contributed by atoms with Crippen LogP contribution in [0.5, 0.6) is 0 Å². The molecule has 1 aromatic rings. The number of rotatable bonds is 6. The van der Waals surface area contributed by atoms with E-state index in [2.05, 4.69) is 15.6 Å². The Hall–Kier alpha value is -1.69. The van der Waals surface area contributed by atoms with E-state index in [9.17, 15) is 9.18 Å². The smallest absolute Gasteiger partial charge is 0.255 e. The molecular formula is C14H20FN3O2. The van der Waals surface area contributed by atoms with Gasteiger partial charge in [0.25, 0.3) is 5.91 Å². The summed E-state index contributed by atoms with van der Waals surface area (Å²) in [6.45, 7) is 4.66. The van der Waals surface area contributed by atoms with Gasteiger partial charge in [-0.25, -0.2) is 9.37 Å². The number of hydrogen-bond donors (Lipinski definition) is 2. The molecule has 110 valence electrons. The number of nitrogens with zero attached hydrogens (tertiary/aromatic N) is 1. The molecule has 0 radical (unpaired) electrons. The normalized spacial score (nSPS) is 18.0. The van der Waals surface area contributed by atoms with Crippen LogP contribution in [0.25, 0.3) is 0 Å². The summed E-state index contributed by atoms with van der Waals surface area (Å²) in [5.74, 6) is -0.0511. The van der Waals surface area contributed by atoms with Crippen molar-refractivity contribution in [2.75, 3.05) is 31.6 Å². The topological polar surface area (TPSA) is 63.2 Å². The SMILES string of the molecule is CCCNc1ncc(F)cc1C(=O)NCC1CCOC1. The van der Waals surface area contributed by atoms with Gasteiger partial charge >= 0.3 is 0 Å². The average molecular weight is 281 g/mol. The molecule has 1 aromatic heterocycles. The zero-order valence-electron chi connectivity index (χ0n) is 11.6. The highest BCUT2D eigenvalue weighted by Crippen LogP contribution is 2.15. The van der Waals surface area contributed by atoms with Gasteiger partial charge in [-0.05, 0) is 18.9 Å². The van der Waals surface area contributed by atoms with Crippen molar-refractivity contribution in [2.24, 2.45) is 5.92 Å². The second-order valence-electron chi connectivity index (χ2n) is 4.92. The van der Waals surface area contributed by atoms with E-state index in [1.165, 1.54) is 6.07 Å². The van der Waals surface area contributed by atoms with Crippen LogP contribution in [0.2, 0.25) is 0 Å². The minimum absolute atomic E-state index is 0.248. The summed E-state index contributed by atoms with van der Waals surface area (Å²) < 4.78 is 18.5. The lowest BCUT2D eigenvalue weighted by Gasteiger charge is -2.12. The molecule has 1 aliphatic heterocycles. The third kappa shape index (κ3) is 3.90. The summed E-state index contributed by atoms with van der Waals surface area (Å²) in [6, 6.07) is 1.21. The number of anilines is 1. The lowest BCUT2D eigenvalue weighted by Crippen LogP contribution is -2.30. The second kappa shape index (κ2) is 7.19. The Morgan fingerprint density at radius 3 is 3.15 bits per heavy atom. The van der Waals surface area contributed by atoms with Gasteiger partial charge < -0.3 is 15.4 Å². The Labute approximate surface area is 117 Å². The third-order valence-electron chi connectivity index (χ3n) is 3.22. The quantitative estimate of drug-likeness (QED) is 0.834. The van der Waals surface area contributed by atoms with E-state index < -0.39 is 5.82 Å². The van der Waals surface area contributed by atoms with Crippen molar-refractivity contribution in [2.45, 2.75) is 19.8 Å². The van der Waals surface area contributed by atoms with E-state index >= 15 is 0 Å². The van der Waals surface area contributed by atoms with Crippen molar-refractivity contribution in [1.29, 1.82) is 0 Å². The summed E-state index contributed by atoms with van der Waals surface area (Å²) in [4.78, 5) is 16.1. The Morgan fingerprint density at radius 1 is 1.60 bits per heavy atom. The molecule has 0 bridgehead atoms. The molecule has 0 aliphatic carbocycles. The minimum Gasteiger partial charge on any atom is -0.381 e. The van der Waals surface area contributed by atoms with Crippen molar-refractivity contribution in [3.8, 4) is 0 Å². The van der Waals surface area contributed by atoms with Crippen LogP contribution >= 0.6 is 0 Å². The molecule has 1 saturated heterocycles. The van der Waals surface area contributed by atoms with E-state index in [-0.39, 0.29) is 11.5 Å². The molecule has 1 aliphatic rings. The van der Waals surface area contributed by atoms with Gasteiger partial charge in [-0.2, -0.15) is 0 Å². The van der Waals surface area contributed by atoms with Gasteiger partial charge in [0, 0.05) is 25.6 Å². The van der Waals surface area contributed by atoms with Crippen LogP contribution in [0, 0.1) is 11.7 Å². The van der Waals surface area contributed by atoms with Crippen LogP contribution in [-0.2, 0) is 4.74 Å². The van der Waals surface area contributed by atoms with Gasteiger partial charge in [0.05, 0.1) is 18.4 Å². The summed E-state index contributed by atoms with van der Waals surface area (Å²) in [5, 5.41) is 5.86. The van der Waals surface area contributed by atoms with Crippen LogP contribution in [0.15, 0.2) is 12.3 Å². The number of carbonyl (C=O) groups excluding carboxylic acids is 1. The molecule has 1 unspecified atom stereocenters. The maximum Gasteiger partial charge on any atom is 0.255 e. The molecule has 1 fully saturated rings. The average Bonchev–Trinajstić information content (AvgIpc) is 2.96. The Morgan fingerprint density at radius 2 is 2.45 bits per heavy atom. The highest BCUT2D eigenvalue weighted by molar-refractivity contribution is 5.98. The second-order valence-corrected chi connectivity index (χ2v) is 4.92. The first-order chi connectivity index (χ1) is 9.70. The zero-order chi connectivity index (χ0) is 14.4. The number of amides is 1. The van der Waals surface area contributed by atoms with Gasteiger partial charge in [0.2, 0.25) is 0 Å². The fraction of sp³-hybridized carbons (Fsp3) is 0.571. The standard InChI is InChI=1S/C14H20FN3O2/c1-2-4-16-13-12(6-11(15)8-17-13)14(19)18-7-10-3-5-20-9-10/h6,8,10H,2-5,7,9H2,1H3,(H,16,17)(H,18,19). The summed E-state index contributed by atoms with van der Waals surface area (Å²) in [5.41, 5.74) is 0.248. The van der Waals surface area contributed by atoms with E-state index in [1.807, 2.05) is 6.92 Å². The van der Waals surface area contributed by atoms with Crippen molar-refractivity contribution >= 4 is 11.7 Å². The molecule has 5 nitrogen and oxygen atoms in total. The van der Waals surface area contributed by atoms with Crippen molar-refractivity contribution in [1.82, 2.24) is 10.3 Å². The first-order valence-electron chi connectivity index (χ1n) is 6.96. The number of nitrogens with one attached hydrogen (secondary N) is 2. The highest BCUT2D eigenvalue weighted by atomic mass is 19.1. The van der Waals surface area contributed by atoms with Crippen LogP contribution < -0.4 is 10.6 Å². The maximum atomic E-state index is 13.3. The molecular weight excluding hydrogens is 261 g/mol. The lowest BCUT2D eigenvalue weighted by molar-refractivity contribution is 0.0945. The molecule has 2 rings (SSSR count). The predicted octanol–water partition coefficient (Wildman–Crippen LogP) is 1.81. The molecule has 2 N–H and O–H groups in total. The lowest BCUT2D eigenvalue weighted by atomic mass is 10.1. The molecule has 0 spiro atoms. The van der Waals surface area contributed by atoms with Gasteiger partial charge in [-0.15, -0.1) is 0 Å². The highest BCUT2D eigenvalue weighted by Gasteiger charge is 2.19. The van der Waals surface area contributed by atoms with Crippen LogP contribution in [-0.4, -0.2) is 37.2 Å². The van der Waals surface area contributed by atoms with E-state index in [0.717, 1.165) is 25.6 Å². The molecule has 20 heavy (non-hydrogen) atoms. The predicted molar refractivity (Wildman–Crippen MR) is 74.2 cm³/mol. The Bertz CT molecular complexity index is 462. The molecule has 6 heteroatoms. The number of halogens is 1. The minimum atomic E-state index is -0.513. The first kappa shape index (κ1) is 14.7. The Balaban J connectivity index is 2.00. The van der Waals surface area contributed by atoms with Crippen LogP contribution in [0.4, 0.5) is 10.2 Å². The Kier molecular flexibility index (Phi) is 5.29. The number of pyridine rings is 1. The summed E-state index contributed by atoms with van der Waals surface area (Å²) in [6.07, 6.45) is 2.96. The summed E-state index contributed by atoms with van der Waals surface area (Å²) in [7, 11) is 0. The molecule has 1 atom stereocenters. The number of hydrogen-bond acceptors (Lipinski definition) is 4. The van der Waals surface area contributed by atoms with Crippen LogP contribution in [0.3, 0.4) is 0 Å². The van der Waals surface area contributed by atoms with Crippen molar-refractivity contribution < 1.29 is 13.9 Å². The van der Waals surface area contributed by atoms with Crippen LogP contribution in [0.1, 0.15) is 30.1 Å². The fourth-order valence-corrected chi connectivity index (χ4v) is 2.07. The monoisotopic (exact) mass is 281 g/mol. The largest absolute Gasteiger partial charge is 0.381 e. The molecule has 2 heterocycles. The molecule has 0 aromatic carbocycles. The number of carbonyl (C=O) groups is 1. The van der Waals surface area contributed by atoms with Crippen molar-refractivity contribution in [3.63, 3.8) is 0 Å². The number of ether oxygens (including phenoxy) is 1. The van der Waals surface area contributed by atoms with Gasteiger partial charge in [0.1, 0.15) is 11.6 Å². The maximum absolute atomic E-state index is 13.3. The van der Waals surface area contributed by atoms with E-state index in [4.69, 9.17) is 4.74 Å².